The van der Waals surface area contributed by atoms with Crippen molar-refractivity contribution in [2.75, 3.05) is 19.7 Å². The summed E-state index contributed by atoms with van der Waals surface area (Å²) in [5.74, 6) is 0.0485. The summed E-state index contributed by atoms with van der Waals surface area (Å²) in [5.41, 5.74) is 5.28. The molecule has 0 aliphatic rings. The molecule has 0 aromatic carbocycles. The van der Waals surface area contributed by atoms with Crippen molar-refractivity contribution >= 4 is 5.84 Å². The molecule has 0 amide bonds. The van der Waals surface area contributed by atoms with E-state index in [1.807, 2.05) is 13.8 Å². The second-order valence-corrected chi connectivity index (χ2v) is 3.77. The molecule has 0 aliphatic carbocycles. The smallest absolute Gasteiger partial charge is 0.409 e. The highest BCUT2D eigenvalue weighted by Crippen LogP contribution is 2.15. The Morgan fingerprint density at radius 1 is 1.41 bits per heavy atom. The zero-order valence-electron chi connectivity index (χ0n) is 9.87. The molecule has 0 rings (SSSR count). The second kappa shape index (κ2) is 7.33. The topological polar surface area (TPSA) is 71.1 Å². The first-order valence-electron chi connectivity index (χ1n) is 5.17. The van der Waals surface area contributed by atoms with E-state index in [1.165, 1.54) is 0 Å². The van der Waals surface area contributed by atoms with Crippen LogP contribution in [0.15, 0.2) is 5.16 Å². The Labute approximate surface area is 98.0 Å². The van der Waals surface area contributed by atoms with Gasteiger partial charge < -0.3 is 10.9 Å². The van der Waals surface area contributed by atoms with Crippen molar-refractivity contribution in [3.63, 3.8) is 0 Å². The number of rotatable bonds is 7. The highest BCUT2D eigenvalue weighted by Gasteiger charge is 2.29. The van der Waals surface area contributed by atoms with E-state index in [0.717, 1.165) is 0 Å². The van der Waals surface area contributed by atoms with Gasteiger partial charge in [-0.3, -0.25) is 9.64 Å². The summed E-state index contributed by atoms with van der Waals surface area (Å²) < 4.78 is 39.0. The first-order chi connectivity index (χ1) is 7.76. The predicted octanol–water partition coefficient (Wildman–Crippen LogP) is 1.37. The first-order valence-corrected chi connectivity index (χ1v) is 5.17. The molecule has 0 atom stereocenters. The third kappa shape index (κ3) is 8.75. The van der Waals surface area contributed by atoms with Crippen LogP contribution in [0.2, 0.25) is 0 Å². The Kier molecular flexibility index (Phi) is 6.89. The minimum absolute atomic E-state index is 0.0485. The van der Waals surface area contributed by atoms with E-state index < -0.39 is 13.0 Å². The maximum absolute atomic E-state index is 11.8. The van der Waals surface area contributed by atoms with Gasteiger partial charge in [0.15, 0.2) is 0 Å². The van der Waals surface area contributed by atoms with Crippen LogP contribution in [-0.4, -0.2) is 48.0 Å². The molecule has 0 heterocycles. The number of nitrogens with zero attached hydrogens (tertiary/aromatic N) is 2. The molecule has 0 saturated heterocycles. The molecule has 0 aliphatic heterocycles. The Balaban J connectivity index is 4.00. The van der Waals surface area contributed by atoms with Crippen LogP contribution in [0, 0.1) is 0 Å². The quantitative estimate of drug-likeness (QED) is 0.313. The van der Waals surface area contributed by atoms with Crippen molar-refractivity contribution in [2.24, 2.45) is 10.9 Å². The molecule has 0 aromatic rings. The zero-order chi connectivity index (χ0) is 13.5. The fourth-order valence-electron chi connectivity index (χ4n) is 1.21. The van der Waals surface area contributed by atoms with Crippen LogP contribution in [0.5, 0.6) is 0 Å². The third-order valence-electron chi connectivity index (χ3n) is 2.16. The molecule has 0 unspecified atom stereocenters. The molecule has 3 N–H and O–H groups in total. The number of ether oxygens (including phenoxy) is 1. The summed E-state index contributed by atoms with van der Waals surface area (Å²) in [6, 6.07) is 0.0540. The molecule has 17 heavy (non-hydrogen) atoms. The third-order valence-corrected chi connectivity index (χ3v) is 2.16. The van der Waals surface area contributed by atoms with Gasteiger partial charge in [0.05, 0.1) is 6.61 Å². The second-order valence-electron chi connectivity index (χ2n) is 3.77. The number of halogens is 3. The number of alkyl halides is 3. The Morgan fingerprint density at radius 2 is 2.00 bits per heavy atom. The number of nitrogens with two attached hydrogens (primary N) is 1. The molecule has 8 heteroatoms. The Morgan fingerprint density at radius 3 is 2.41 bits per heavy atom. The summed E-state index contributed by atoms with van der Waals surface area (Å²) in [6.07, 6.45) is -4.31. The van der Waals surface area contributed by atoms with E-state index in [-0.39, 0.29) is 18.4 Å². The molecule has 102 valence electrons. The van der Waals surface area contributed by atoms with Crippen LogP contribution in [0.25, 0.3) is 0 Å². The minimum atomic E-state index is -4.60. The van der Waals surface area contributed by atoms with Crippen molar-refractivity contribution in [1.82, 2.24) is 4.90 Å². The normalized spacial score (nSPS) is 13.7. The Hall–Kier alpha value is -1.02. The van der Waals surface area contributed by atoms with Gasteiger partial charge in [0.2, 0.25) is 0 Å². The molecule has 0 radical (unpaired) electrons. The number of hydrogen-bond acceptors (Lipinski definition) is 4. The maximum atomic E-state index is 11.8. The lowest BCUT2D eigenvalue weighted by Crippen LogP contribution is -2.37. The van der Waals surface area contributed by atoms with Gasteiger partial charge in [0, 0.05) is 25.6 Å². The van der Waals surface area contributed by atoms with Crippen LogP contribution in [0.1, 0.15) is 20.3 Å². The van der Waals surface area contributed by atoms with Gasteiger partial charge in [0.25, 0.3) is 0 Å². The standard InChI is InChI=1S/C9H18F3N3O2/c1-7(2)15(4-3-8(13)14-16)5-6-17-9(10,11)12/h7,16H,3-6H2,1-2H3,(H2,13,14). The van der Waals surface area contributed by atoms with Gasteiger partial charge in [0.1, 0.15) is 5.84 Å². The largest absolute Gasteiger partial charge is 0.522 e. The molecule has 0 saturated carbocycles. The van der Waals surface area contributed by atoms with Gasteiger partial charge in [-0.2, -0.15) is 0 Å². The molecule has 0 bridgehead atoms. The van der Waals surface area contributed by atoms with Crippen LogP contribution in [-0.2, 0) is 4.74 Å². The van der Waals surface area contributed by atoms with Crippen LogP contribution in [0.3, 0.4) is 0 Å². The highest BCUT2D eigenvalue weighted by atomic mass is 19.4. The lowest BCUT2D eigenvalue weighted by atomic mass is 10.2. The molecular formula is C9H18F3N3O2. The number of oxime groups is 1. The highest BCUT2D eigenvalue weighted by molar-refractivity contribution is 5.79. The molecule has 0 spiro atoms. The summed E-state index contributed by atoms with van der Waals surface area (Å²) >= 11 is 0. The average molecular weight is 257 g/mol. The van der Waals surface area contributed by atoms with E-state index >= 15 is 0 Å². The fraction of sp³-hybridized carbons (Fsp3) is 0.889. The lowest BCUT2D eigenvalue weighted by molar-refractivity contribution is -0.325. The monoisotopic (exact) mass is 257 g/mol. The number of hydrogen-bond donors (Lipinski definition) is 2. The van der Waals surface area contributed by atoms with Crippen molar-refractivity contribution < 1.29 is 23.1 Å². The predicted molar refractivity (Wildman–Crippen MR) is 56.7 cm³/mol. The van der Waals surface area contributed by atoms with E-state index in [2.05, 4.69) is 9.89 Å². The van der Waals surface area contributed by atoms with Gasteiger partial charge in [-0.1, -0.05) is 5.16 Å². The summed E-state index contributed by atoms with van der Waals surface area (Å²) in [6.45, 7) is 3.81. The number of amidine groups is 1. The van der Waals surface area contributed by atoms with Crippen LogP contribution >= 0.6 is 0 Å². The summed E-state index contributed by atoms with van der Waals surface area (Å²) in [7, 11) is 0. The van der Waals surface area contributed by atoms with Gasteiger partial charge in [-0.05, 0) is 13.8 Å². The van der Waals surface area contributed by atoms with E-state index in [1.54, 1.807) is 4.90 Å². The molecule has 5 nitrogen and oxygen atoms in total. The van der Waals surface area contributed by atoms with Crippen LogP contribution in [0.4, 0.5) is 13.2 Å². The average Bonchev–Trinajstić information content (AvgIpc) is 2.20. The molecular weight excluding hydrogens is 239 g/mol. The Bertz CT molecular complexity index is 244. The van der Waals surface area contributed by atoms with Crippen molar-refractivity contribution in [1.29, 1.82) is 0 Å². The lowest BCUT2D eigenvalue weighted by Gasteiger charge is -2.26. The summed E-state index contributed by atoms with van der Waals surface area (Å²) in [4.78, 5) is 1.75. The fourth-order valence-corrected chi connectivity index (χ4v) is 1.21. The van der Waals surface area contributed by atoms with E-state index in [9.17, 15) is 13.2 Å². The molecule has 0 aromatic heterocycles. The van der Waals surface area contributed by atoms with Gasteiger partial charge in [-0.15, -0.1) is 13.2 Å². The summed E-state index contributed by atoms with van der Waals surface area (Å²) in [5, 5.41) is 11.1. The van der Waals surface area contributed by atoms with E-state index in [4.69, 9.17) is 10.9 Å². The zero-order valence-corrected chi connectivity index (χ0v) is 9.87. The van der Waals surface area contributed by atoms with E-state index in [0.29, 0.717) is 13.0 Å². The van der Waals surface area contributed by atoms with Crippen LogP contribution < -0.4 is 5.73 Å². The van der Waals surface area contributed by atoms with Gasteiger partial charge >= 0.3 is 6.36 Å². The van der Waals surface area contributed by atoms with Crippen molar-refractivity contribution in [2.45, 2.75) is 32.7 Å². The van der Waals surface area contributed by atoms with Crippen molar-refractivity contribution in [3.05, 3.63) is 0 Å². The minimum Gasteiger partial charge on any atom is -0.409 e. The first kappa shape index (κ1) is 16.0. The maximum Gasteiger partial charge on any atom is 0.522 e. The SMILES string of the molecule is CC(C)N(CCOC(F)(F)F)CCC(N)=NO. The van der Waals surface area contributed by atoms with Gasteiger partial charge in [-0.25, -0.2) is 0 Å². The van der Waals surface area contributed by atoms with Crippen molar-refractivity contribution in [3.8, 4) is 0 Å². The molecule has 0 fully saturated rings.